The van der Waals surface area contributed by atoms with Crippen LogP contribution in [0.3, 0.4) is 0 Å². The summed E-state index contributed by atoms with van der Waals surface area (Å²) >= 11 is 3.07. The van der Waals surface area contributed by atoms with Crippen molar-refractivity contribution in [3.63, 3.8) is 0 Å². The molecule has 0 N–H and O–H groups in total. The molecule has 0 aliphatic carbocycles. The van der Waals surface area contributed by atoms with Crippen molar-refractivity contribution in [2.75, 3.05) is 5.75 Å². The van der Waals surface area contributed by atoms with Crippen molar-refractivity contribution in [3.05, 3.63) is 69.5 Å². The van der Waals surface area contributed by atoms with Gasteiger partial charge in [-0.25, -0.2) is 12.8 Å². The second-order valence-electron chi connectivity index (χ2n) is 4.93. The van der Waals surface area contributed by atoms with E-state index in [0.717, 1.165) is 0 Å². The Labute approximate surface area is 135 Å². The molecule has 3 nitrogen and oxygen atoms in total. The molecular formula is C16H10BrFO3S. The Bertz CT molecular complexity index is 917. The van der Waals surface area contributed by atoms with Crippen LogP contribution in [0.4, 0.5) is 4.39 Å². The maximum atomic E-state index is 13.2. The van der Waals surface area contributed by atoms with Gasteiger partial charge in [0.05, 0.1) is 15.1 Å². The zero-order chi connectivity index (χ0) is 15.9. The molecule has 22 heavy (non-hydrogen) atoms. The number of hydrogen-bond acceptors (Lipinski definition) is 3. The first kappa shape index (κ1) is 15.1. The van der Waals surface area contributed by atoms with Crippen molar-refractivity contribution in [1.29, 1.82) is 0 Å². The van der Waals surface area contributed by atoms with E-state index in [9.17, 15) is 17.6 Å². The second kappa shape index (κ2) is 5.44. The molecule has 1 aliphatic rings. The fourth-order valence-electron chi connectivity index (χ4n) is 2.36. The van der Waals surface area contributed by atoms with Gasteiger partial charge < -0.3 is 0 Å². The van der Waals surface area contributed by atoms with E-state index < -0.39 is 15.7 Å². The number of fused-ring (bicyclic) bond motifs is 1. The normalized spacial score (nSPS) is 18.3. The molecular weight excluding hydrogens is 371 g/mol. The van der Waals surface area contributed by atoms with Crippen molar-refractivity contribution in [2.45, 2.75) is 4.90 Å². The monoisotopic (exact) mass is 380 g/mol. The highest BCUT2D eigenvalue weighted by molar-refractivity contribution is 9.10. The fraction of sp³-hybridized carbons (Fsp3) is 0.0625. The standard InChI is InChI=1S/C16H10BrFO3S/c17-13-8-10(5-6-14(13)18)7-11-9-22(20,21)15-4-2-1-3-12(15)16(11)19/h1-8H,9H2. The van der Waals surface area contributed by atoms with Crippen LogP contribution in [0.25, 0.3) is 6.08 Å². The van der Waals surface area contributed by atoms with Crippen LogP contribution in [0.2, 0.25) is 0 Å². The third-order valence-electron chi connectivity index (χ3n) is 3.39. The molecule has 0 unspecified atom stereocenters. The van der Waals surface area contributed by atoms with Crippen LogP contribution < -0.4 is 0 Å². The first-order chi connectivity index (χ1) is 10.4. The molecule has 0 spiro atoms. The number of sulfone groups is 1. The summed E-state index contributed by atoms with van der Waals surface area (Å²) in [4.78, 5) is 12.5. The highest BCUT2D eigenvalue weighted by Crippen LogP contribution is 2.29. The van der Waals surface area contributed by atoms with Crippen LogP contribution in [-0.4, -0.2) is 20.0 Å². The summed E-state index contributed by atoms with van der Waals surface area (Å²) in [5.41, 5.74) is 0.921. The van der Waals surface area contributed by atoms with E-state index in [0.29, 0.717) is 5.56 Å². The van der Waals surface area contributed by atoms with Gasteiger partial charge in [-0.15, -0.1) is 0 Å². The van der Waals surface area contributed by atoms with Crippen LogP contribution >= 0.6 is 15.9 Å². The van der Waals surface area contributed by atoms with Crippen molar-refractivity contribution in [1.82, 2.24) is 0 Å². The van der Waals surface area contributed by atoms with Crippen LogP contribution in [0.1, 0.15) is 15.9 Å². The molecule has 0 amide bonds. The molecule has 0 aromatic heterocycles. The summed E-state index contributed by atoms with van der Waals surface area (Å²) in [5, 5.41) is 0. The van der Waals surface area contributed by atoms with Gasteiger partial charge in [0.15, 0.2) is 15.6 Å². The molecule has 0 saturated heterocycles. The van der Waals surface area contributed by atoms with E-state index >= 15 is 0 Å². The maximum Gasteiger partial charge on any atom is 0.191 e. The number of ketones is 1. The van der Waals surface area contributed by atoms with Gasteiger partial charge in [0.25, 0.3) is 0 Å². The van der Waals surface area contributed by atoms with E-state index in [-0.39, 0.29) is 32.0 Å². The van der Waals surface area contributed by atoms with E-state index in [1.165, 1.54) is 36.4 Å². The van der Waals surface area contributed by atoms with Gasteiger partial charge in [0.1, 0.15) is 5.82 Å². The lowest BCUT2D eigenvalue weighted by atomic mass is 10.0. The number of rotatable bonds is 1. The quantitative estimate of drug-likeness (QED) is 0.709. The van der Waals surface area contributed by atoms with E-state index in [1.807, 2.05) is 0 Å². The number of benzene rings is 2. The van der Waals surface area contributed by atoms with Crippen molar-refractivity contribution in [3.8, 4) is 0 Å². The van der Waals surface area contributed by atoms with Crippen LogP contribution in [0, 0.1) is 5.82 Å². The summed E-state index contributed by atoms with van der Waals surface area (Å²) < 4.78 is 38.1. The van der Waals surface area contributed by atoms with Gasteiger partial charge in [0, 0.05) is 11.1 Å². The Hall–Kier alpha value is -1.79. The zero-order valence-electron chi connectivity index (χ0n) is 11.2. The predicted octanol–water partition coefficient (Wildman–Crippen LogP) is 3.64. The second-order valence-corrected chi connectivity index (χ2v) is 7.74. The molecule has 0 radical (unpaired) electrons. The van der Waals surface area contributed by atoms with Crippen molar-refractivity contribution < 1.29 is 17.6 Å². The Balaban J connectivity index is 2.12. The van der Waals surface area contributed by atoms with Crippen molar-refractivity contribution >= 4 is 37.6 Å². The number of halogens is 2. The van der Waals surface area contributed by atoms with Crippen LogP contribution in [0.5, 0.6) is 0 Å². The number of hydrogen-bond donors (Lipinski definition) is 0. The van der Waals surface area contributed by atoms with Crippen molar-refractivity contribution in [2.24, 2.45) is 0 Å². The first-order valence-corrected chi connectivity index (χ1v) is 8.85. The Morgan fingerprint density at radius 2 is 1.86 bits per heavy atom. The SMILES string of the molecule is O=C1C(=Cc2ccc(F)c(Br)c2)CS(=O)(=O)c2ccccc21. The summed E-state index contributed by atoms with van der Waals surface area (Å²) in [5.74, 6) is -1.08. The molecule has 1 aliphatic heterocycles. The fourth-order valence-corrected chi connectivity index (χ4v) is 4.31. The topological polar surface area (TPSA) is 51.2 Å². The average Bonchev–Trinajstić information content (AvgIpc) is 2.48. The minimum absolute atomic E-state index is 0.0671. The number of carbonyl (C=O) groups excluding carboxylic acids is 1. The Morgan fingerprint density at radius 3 is 2.59 bits per heavy atom. The predicted molar refractivity (Wildman–Crippen MR) is 84.9 cm³/mol. The maximum absolute atomic E-state index is 13.2. The van der Waals surface area contributed by atoms with E-state index in [1.54, 1.807) is 12.1 Å². The lowest BCUT2D eigenvalue weighted by Gasteiger charge is -2.17. The molecule has 0 bridgehead atoms. The number of carbonyl (C=O) groups is 1. The summed E-state index contributed by atoms with van der Waals surface area (Å²) in [6.07, 6.45) is 1.49. The van der Waals surface area contributed by atoms with Gasteiger partial charge in [-0.2, -0.15) is 0 Å². The van der Waals surface area contributed by atoms with Gasteiger partial charge in [-0.1, -0.05) is 18.2 Å². The lowest BCUT2D eigenvalue weighted by Crippen LogP contribution is -2.24. The van der Waals surface area contributed by atoms with Gasteiger partial charge in [-0.05, 0) is 51.8 Å². The zero-order valence-corrected chi connectivity index (χ0v) is 13.6. The van der Waals surface area contributed by atoms with Crippen LogP contribution in [0.15, 0.2) is 57.4 Å². The smallest absolute Gasteiger partial charge is 0.191 e. The molecule has 0 fully saturated rings. The highest BCUT2D eigenvalue weighted by atomic mass is 79.9. The third-order valence-corrected chi connectivity index (χ3v) is 5.71. The molecule has 112 valence electrons. The third kappa shape index (κ3) is 2.64. The van der Waals surface area contributed by atoms with Gasteiger partial charge in [0.2, 0.25) is 0 Å². The number of Topliss-reactive ketones (excluding diaryl/α,β-unsaturated/α-hetero) is 1. The molecule has 3 rings (SSSR count). The Kier molecular flexibility index (Phi) is 3.74. The molecule has 2 aromatic rings. The lowest BCUT2D eigenvalue weighted by molar-refractivity contribution is 0.103. The molecule has 1 heterocycles. The first-order valence-electron chi connectivity index (χ1n) is 6.40. The molecule has 0 atom stereocenters. The minimum atomic E-state index is -3.54. The van der Waals surface area contributed by atoms with E-state index in [2.05, 4.69) is 15.9 Å². The average molecular weight is 381 g/mol. The van der Waals surface area contributed by atoms with Gasteiger partial charge in [-0.3, -0.25) is 4.79 Å². The molecule has 6 heteroatoms. The summed E-state index contributed by atoms with van der Waals surface area (Å²) in [6.45, 7) is 0. The summed E-state index contributed by atoms with van der Waals surface area (Å²) in [7, 11) is -3.54. The molecule has 2 aromatic carbocycles. The summed E-state index contributed by atoms with van der Waals surface area (Å²) in [6, 6.07) is 10.4. The largest absolute Gasteiger partial charge is 0.289 e. The van der Waals surface area contributed by atoms with Gasteiger partial charge >= 0.3 is 0 Å². The van der Waals surface area contributed by atoms with Crippen LogP contribution in [-0.2, 0) is 9.84 Å². The molecule has 0 saturated carbocycles. The Morgan fingerprint density at radius 1 is 1.14 bits per heavy atom. The van der Waals surface area contributed by atoms with E-state index in [4.69, 9.17) is 0 Å². The highest BCUT2D eigenvalue weighted by Gasteiger charge is 2.32. The minimum Gasteiger partial charge on any atom is -0.289 e.